The van der Waals surface area contributed by atoms with Crippen molar-refractivity contribution in [2.24, 2.45) is 0 Å². The maximum absolute atomic E-state index is 9.79. The van der Waals surface area contributed by atoms with Crippen molar-refractivity contribution in [3.05, 3.63) is 28.8 Å². The van der Waals surface area contributed by atoms with Crippen LogP contribution in [0.2, 0.25) is 5.02 Å². The molecule has 0 amide bonds. The zero-order valence-corrected chi connectivity index (χ0v) is 10.3. The molecule has 0 fully saturated rings. The van der Waals surface area contributed by atoms with E-state index >= 15 is 0 Å². The molecule has 1 aromatic rings. The van der Waals surface area contributed by atoms with E-state index in [0.29, 0.717) is 16.3 Å². The van der Waals surface area contributed by atoms with Crippen LogP contribution in [0.15, 0.2) is 18.2 Å². The van der Waals surface area contributed by atoms with E-state index in [2.05, 4.69) is 5.32 Å². The molecule has 0 saturated heterocycles. The number of nitrogens with zero attached hydrogens (tertiary/aromatic N) is 1. The third-order valence-corrected chi connectivity index (χ3v) is 2.86. The molecule has 0 aliphatic rings. The number of nitriles is 1. The molecule has 86 valence electrons. The minimum atomic E-state index is -0.855. The summed E-state index contributed by atoms with van der Waals surface area (Å²) in [6.45, 7) is 5.29. The van der Waals surface area contributed by atoms with Crippen molar-refractivity contribution in [1.82, 2.24) is 0 Å². The molecular formula is C12H15ClN2O. The predicted octanol–water partition coefficient (Wildman–Crippen LogP) is 2.78. The summed E-state index contributed by atoms with van der Waals surface area (Å²) in [7, 11) is 0. The highest BCUT2D eigenvalue weighted by Crippen LogP contribution is 2.25. The molecule has 1 unspecified atom stereocenters. The minimum Gasteiger partial charge on any atom is -0.388 e. The van der Waals surface area contributed by atoms with Gasteiger partial charge in [0.15, 0.2) is 0 Å². The van der Waals surface area contributed by atoms with Crippen LogP contribution in [-0.4, -0.2) is 16.7 Å². The second kappa shape index (κ2) is 4.73. The number of benzene rings is 1. The number of halogens is 1. The number of aliphatic hydroxyl groups is 1. The van der Waals surface area contributed by atoms with Crippen LogP contribution in [-0.2, 0) is 0 Å². The van der Waals surface area contributed by atoms with Gasteiger partial charge in [-0.3, -0.25) is 0 Å². The summed E-state index contributed by atoms with van der Waals surface area (Å²) >= 11 is 5.99. The van der Waals surface area contributed by atoms with Gasteiger partial charge in [-0.25, -0.2) is 0 Å². The topological polar surface area (TPSA) is 56.0 Å². The van der Waals surface area contributed by atoms with E-state index in [9.17, 15) is 5.11 Å². The predicted molar refractivity (Wildman–Crippen MR) is 65.5 cm³/mol. The molecule has 0 spiro atoms. The van der Waals surface area contributed by atoms with Gasteiger partial charge in [0.25, 0.3) is 0 Å². The Hall–Kier alpha value is -1.24. The van der Waals surface area contributed by atoms with Crippen LogP contribution in [0.25, 0.3) is 0 Å². The summed E-state index contributed by atoms with van der Waals surface area (Å²) in [5.74, 6) is 0. The third-order valence-electron chi connectivity index (χ3n) is 2.53. The van der Waals surface area contributed by atoms with Crippen molar-refractivity contribution in [3.8, 4) is 6.07 Å². The Bertz CT molecular complexity index is 418. The standard InChI is InChI=1S/C12H15ClN2O/c1-8(12(2,3)16)15-11-6-9(7-14)4-5-10(11)13/h4-6,8,15-16H,1-3H3. The van der Waals surface area contributed by atoms with Gasteiger partial charge in [-0.15, -0.1) is 0 Å². The van der Waals surface area contributed by atoms with E-state index in [4.69, 9.17) is 16.9 Å². The summed E-state index contributed by atoms with van der Waals surface area (Å²) in [6.07, 6.45) is 0. The Morgan fingerprint density at radius 3 is 2.62 bits per heavy atom. The third kappa shape index (κ3) is 3.13. The first-order valence-corrected chi connectivity index (χ1v) is 5.41. The Balaban J connectivity index is 2.93. The zero-order chi connectivity index (χ0) is 12.3. The van der Waals surface area contributed by atoms with E-state index in [-0.39, 0.29) is 6.04 Å². The van der Waals surface area contributed by atoms with Crippen LogP contribution in [0.1, 0.15) is 26.3 Å². The molecule has 1 aromatic carbocycles. The summed E-state index contributed by atoms with van der Waals surface area (Å²) in [4.78, 5) is 0. The monoisotopic (exact) mass is 238 g/mol. The first kappa shape index (κ1) is 12.8. The van der Waals surface area contributed by atoms with E-state index in [1.165, 1.54) is 0 Å². The maximum atomic E-state index is 9.79. The van der Waals surface area contributed by atoms with Crippen LogP contribution in [0.3, 0.4) is 0 Å². The minimum absolute atomic E-state index is 0.168. The fourth-order valence-electron chi connectivity index (χ4n) is 1.12. The molecule has 0 radical (unpaired) electrons. The zero-order valence-electron chi connectivity index (χ0n) is 9.58. The largest absolute Gasteiger partial charge is 0.388 e. The van der Waals surface area contributed by atoms with Crippen molar-refractivity contribution in [3.63, 3.8) is 0 Å². The Morgan fingerprint density at radius 1 is 1.50 bits per heavy atom. The molecular weight excluding hydrogens is 224 g/mol. The summed E-state index contributed by atoms with van der Waals surface area (Å²) in [5, 5.41) is 22.2. The van der Waals surface area contributed by atoms with Crippen LogP contribution in [0, 0.1) is 11.3 Å². The average molecular weight is 239 g/mol. The highest BCUT2D eigenvalue weighted by atomic mass is 35.5. The number of hydrogen-bond donors (Lipinski definition) is 2. The Labute approximate surface area is 101 Å². The van der Waals surface area contributed by atoms with Crippen LogP contribution >= 0.6 is 11.6 Å². The molecule has 2 N–H and O–H groups in total. The van der Waals surface area contributed by atoms with Crippen LogP contribution in [0.4, 0.5) is 5.69 Å². The molecule has 4 heteroatoms. The molecule has 0 aromatic heterocycles. The van der Waals surface area contributed by atoms with E-state index in [1.54, 1.807) is 32.0 Å². The van der Waals surface area contributed by atoms with Gasteiger partial charge in [0.2, 0.25) is 0 Å². The van der Waals surface area contributed by atoms with Crippen molar-refractivity contribution in [2.45, 2.75) is 32.4 Å². The molecule has 0 aliphatic heterocycles. The van der Waals surface area contributed by atoms with Gasteiger partial charge >= 0.3 is 0 Å². The fourth-order valence-corrected chi connectivity index (χ4v) is 1.29. The molecule has 0 saturated carbocycles. The van der Waals surface area contributed by atoms with Crippen LogP contribution in [0.5, 0.6) is 0 Å². The lowest BCUT2D eigenvalue weighted by atomic mass is 10.0. The quantitative estimate of drug-likeness (QED) is 0.852. The smallest absolute Gasteiger partial charge is 0.0992 e. The lowest BCUT2D eigenvalue weighted by Gasteiger charge is -2.28. The second-order valence-electron chi connectivity index (χ2n) is 4.33. The van der Waals surface area contributed by atoms with Crippen molar-refractivity contribution < 1.29 is 5.11 Å². The van der Waals surface area contributed by atoms with Crippen LogP contribution < -0.4 is 5.32 Å². The van der Waals surface area contributed by atoms with Gasteiger partial charge in [0.05, 0.1) is 34.0 Å². The van der Waals surface area contributed by atoms with Crippen molar-refractivity contribution in [1.29, 1.82) is 5.26 Å². The molecule has 0 heterocycles. The van der Waals surface area contributed by atoms with E-state index in [0.717, 1.165) is 0 Å². The fraction of sp³-hybridized carbons (Fsp3) is 0.417. The lowest BCUT2D eigenvalue weighted by Crippen LogP contribution is -2.39. The number of anilines is 1. The van der Waals surface area contributed by atoms with E-state index < -0.39 is 5.60 Å². The summed E-state index contributed by atoms with van der Waals surface area (Å²) < 4.78 is 0. The molecule has 3 nitrogen and oxygen atoms in total. The molecule has 0 aliphatic carbocycles. The number of nitrogens with one attached hydrogen (secondary N) is 1. The van der Waals surface area contributed by atoms with E-state index in [1.807, 2.05) is 13.0 Å². The highest BCUT2D eigenvalue weighted by molar-refractivity contribution is 6.33. The first-order chi connectivity index (χ1) is 7.34. The highest BCUT2D eigenvalue weighted by Gasteiger charge is 2.22. The molecule has 0 bridgehead atoms. The molecule has 1 atom stereocenters. The van der Waals surface area contributed by atoms with Crippen molar-refractivity contribution in [2.75, 3.05) is 5.32 Å². The SMILES string of the molecule is CC(Nc1cc(C#N)ccc1Cl)C(C)(C)O. The van der Waals surface area contributed by atoms with Gasteiger partial charge in [0.1, 0.15) is 0 Å². The molecule has 16 heavy (non-hydrogen) atoms. The van der Waals surface area contributed by atoms with Gasteiger partial charge in [0, 0.05) is 0 Å². The maximum Gasteiger partial charge on any atom is 0.0992 e. The lowest BCUT2D eigenvalue weighted by molar-refractivity contribution is 0.0649. The van der Waals surface area contributed by atoms with Gasteiger partial charge in [-0.2, -0.15) is 5.26 Å². The second-order valence-corrected chi connectivity index (χ2v) is 4.73. The van der Waals surface area contributed by atoms with Gasteiger partial charge < -0.3 is 10.4 Å². The summed E-state index contributed by atoms with van der Waals surface area (Å²) in [5.41, 5.74) is 0.344. The normalized spacial score (nSPS) is 13.0. The number of rotatable bonds is 3. The van der Waals surface area contributed by atoms with Gasteiger partial charge in [-0.05, 0) is 39.0 Å². The summed E-state index contributed by atoms with van der Waals surface area (Å²) in [6, 6.07) is 6.87. The van der Waals surface area contributed by atoms with Gasteiger partial charge in [-0.1, -0.05) is 11.6 Å². The first-order valence-electron chi connectivity index (χ1n) is 5.03. The van der Waals surface area contributed by atoms with Crippen molar-refractivity contribution >= 4 is 17.3 Å². The molecule has 1 rings (SSSR count). The average Bonchev–Trinajstić information content (AvgIpc) is 2.19. The Morgan fingerprint density at radius 2 is 2.12 bits per heavy atom. The number of hydrogen-bond acceptors (Lipinski definition) is 3. The Kier molecular flexibility index (Phi) is 3.79.